The number of rotatable bonds is 2. The first-order valence-electron chi connectivity index (χ1n) is 9.29. The number of carbonyl (C=O) groups is 2. The van der Waals surface area contributed by atoms with Gasteiger partial charge in [-0.25, -0.2) is 9.78 Å². The fourth-order valence-corrected chi connectivity index (χ4v) is 4.42. The second-order valence-corrected chi connectivity index (χ2v) is 7.48. The number of amides is 3. The molecule has 2 saturated heterocycles. The minimum absolute atomic E-state index is 0.146. The first kappa shape index (κ1) is 16.3. The summed E-state index contributed by atoms with van der Waals surface area (Å²) in [5, 5.41) is 3.14. The van der Waals surface area contributed by atoms with Crippen molar-refractivity contribution in [3.63, 3.8) is 0 Å². The first-order valence-corrected chi connectivity index (χ1v) is 9.29. The maximum Gasteiger partial charge on any atom is 0.319 e. The van der Waals surface area contributed by atoms with Crippen LogP contribution in [-0.2, 0) is 0 Å². The molecule has 3 heterocycles. The predicted molar refractivity (Wildman–Crippen MR) is 92.0 cm³/mol. The molecular formula is C18H25N5O2. The van der Waals surface area contributed by atoms with Crippen LogP contribution in [0.2, 0.25) is 0 Å². The van der Waals surface area contributed by atoms with Crippen molar-refractivity contribution in [3.05, 3.63) is 24.3 Å². The number of nitrogens with one attached hydrogen (secondary N) is 1. The number of urea groups is 1. The Bertz CT molecular complexity index is 636. The molecule has 1 aromatic rings. The maximum absolute atomic E-state index is 12.5. The van der Waals surface area contributed by atoms with Crippen LogP contribution >= 0.6 is 0 Å². The molecule has 3 aliphatic rings. The molecular weight excluding hydrogens is 318 g/mol. The van der Waals surface area contributed by atoms with E-state index in [1.807, 2.05) is 9.80 Å². The molecule has 2 aliphatic heterocycles. The minimum atomic E-state index is -0.146. The zero-order valence-electron chi connectivity index (χ0n) is 14.5. The first-order chi connectivity index (χ1) is 12.2. The summed E-state index contributed by atoms with van der Waals surface area (Å²) >= 11 is 0. The van der Waals surface area contributed by atoms with Gasteiger partial charge in [-0.2, -0.15) is 0 Å². The second-order valence-electron chi connectivity index (χ2n) is 7.48. The third-order valence-electron chi connectivity index (χ3n) is 6.18. The molecule has 1 aliphatic carbocycles. The highest BCUT2D eigenvalue weighted by Crippen LogP contribution is 2.49. The Kier molecular flexibility index (Phi) is 4.31. The SMILES string of the molecule is O=C(N[C@H]1CCC12CCN(C(=O)N1CCCC1)CC2)c1cnccn1. The topological polar surface area (TPSA) is 78.4 Å². The third-order valence-corrected chi connectivity index (χ3v) is 6.18. The van der Waals surface area contributed by atoms with Crippen molar-refractivity contribution in [2.45, 2.75) is 44.6 Å². The van der Waals surface area contributed by atoms with Crippen LogP contribution in [0.4, 0.5) is 4.79 Å². The second kappa shape index (κ2) is 6.61. The predicted octanol–water partition coefficient (Wildman–Crippen LogP) is 1.67. The van der Waals surface area contributed by atoms with Crippen molar-refractivity contribution in [3.8, 4) is 0 Å². The Balaban J connectivity index is 1.33. The maximum atomic E-state index is 12.5. The Labute approximate surface area is 147 Å². The Morgan fingerprint density at radius 3 is 2.36 bits per heavy atom. The van der Waals surface area contributed by atoms with E-state index in [0.717, 1.165) is 64.7 Å². The largest absolute Gasteiger partial charge is 0.347 e. The van der Waals surface area contributed by atoms with Gasteiger partial charge in [-0.3, -0.25) is 9.78 Å². The Morgan fingerprint density at radius 1 is 1.04 bits per heavy atom. The molecule has 7 heteroatoms. The fourth-order valence-electron chi connectivity index (χ4n) is 4.42. The van der Waals surface area contributed by atoms with Crippen LogP contribution in [0.25, 0.3) is 0 Å². The normalized spacial score (nSPS) is 24.9. The number of hydrogen-bond acceptors (Lipinski definition) is 4. The van der Waals surface area contributed by atoms with E-state index in [9.17, 15) is 9.59 Å². The molecule has 0 radical (unpaired) electrons. The van der Waals surface area contributed by atoms with Gasteiger partial charge in [-0.05, 0) is 43.9 Å². The summed E-state index contributed by atoms with van der Waals surface area (Å²) in [6, 6.07) is 0.387. The van der Waals surface area contributed by atoms with E-state index in [1.54, 1.807) is 6.20 Å². The van der Waals surface area contributed by atoms with Crippen LogP contribution in [-0.4, -0.2) is 63.9 Å². The van der Waals surface area contributed by atoms with Gasteiger partial charge in [0.2, 0.25) is 0 Å². The van der Waals surface area contributed by atoms with Crippen LogP contribution < -0.4 is 5.32 Å². The molecule has 4 rings (SSSR count). The molecule has 1 saturated carbocycles. The smallest absolute Gasteiger partial charge is 0.319 e. The van der Waals surface area contributed by atoms with Gasteiger partial charge in [0.15, 0.2) is 0 Å². The van der Waals surface area contributed by atoms with Gasteiger partial charge in [-0.15, -0.1) is 0 Å². The Morgan fingerprint density at radius 2 is 1.76 bits per heavy atom. The van der Waals surface area contributed by atoms with Crippen molar-refractivity contribution in [2.75, 3.05) is 26.2 Å². The van der Waals surface area contributed by atoms with E-state index in [4.69, 9.17) is 0 Å². The highest BCUT2D eigenvalue weighted by Gasteiger charge is 2.49. The monoisotopic (exact) mass is 343 g/mol. The van der Waals surface area contributed by atoms with Crippen molar-refractivity contribution < 1.29 is 9.59 Å². The molecule has 25 heavy (non-hydrogen) atoms. The van der Waals surface area contributed by atoms with Gasteiger partial charge in [0.25, 0.3) is 5.91 Å². The van der Waals surface area contributed by atoms with Gasteiger partial charge in [0, 0.05) is 44.6 Å². The van der Waals surface area contributed by atoms with Crippen molar-refractivity contribution >= 4 is 11.9 Å². The standard InChI is InChI=1S/C18H25N5O2/c24-16(14-13-19-7-8-20-14)21-15-3-4-18(15)5-11-23(12-6-18)17(25)22-9-1-2-10-22/h7-8,13,15H,1-6,9-12H2,(H,21,24)/t15-/m0/s1. The molecule has 1 N–H and O–H groups in total. The summed E-state index contributed by atoms with van der Waals surface area (Å²) in [5.74, 6) is -0.146. The number of carbonyl (C=O) groups excluding carboxylic acids is 2. The number of hydrogen-bond donors (Lipinski definition) is 1. The van der Waals surface area contributed by atoms with Gasteiger partial charge >= 0.3 is 6.03 Å². The molecule has 134 valence electrons. The molecule has 0 bridgehead atoms. The number of piperidine rings is 1. The van der Waals surface area contributed by atoms with Crippen LogP contribution in [0.5, 0.6) is 0 Å². The summed E-state index contributed by atoms with van der Waals surface area (Å²) in [6.45, 7) is 3.40. The average Bonchev–Trinajstić information content (AvgIpc) is 3.20. The lowest BCUT2D eigenvalue weighted by Crippen LogP contribution is -2.60. The van der Waals surface area contributed by atoms with Gasteiger partial charge in [0.05, 0.1) is 6.20 Å². The number of likely N-dealkylation sites (tertiary alicyclic amines) is 2. The summed E-state index contributed by atoms with van der Waals surface area (Å²) in [6.07, 6.45) is 10.9. The zero-order chi connectivity index (χ0) is 17.3. The molecule has 3 fully saturated rings. The van der Waals surface area contributed by atoms with Crippen LogP contribution in [0.15, 0.2) is 18.6 Å². The van der Waals surface area contributed by atoms with E-state index in [2.05, 4.69) is 15.3 Å². The van der Waals surface area contributed by atoms with E-state index in [0.29, 0.717) is 5.69 Å². The lowest BCUT2D eigenvalue weighted by molar-refractivity contribution is 0.00111. The highest BCUT2D eigenvalue weighted by molar-refractivity contribution is 5.92. The van der Waals surface area contributed by atoms with E-state index in [-0.39, 0.29) is 23.4 Å². The third kappa shape index (κ3) is 3.07. The summed E-state index contributed by atoms with van der Waals surface area (Å²) < 4.78 is 0. The Hall–Kier alpha value is -2.18. The van der Waals surface area contributed by atoms with Crippen molar-refractivity contribution in [2.24, 2.45) is 5.41 Å². The van der Waals surface area contributed by atoms with E-state index >= 15 is 0 Å². The van der Waals surface area contributed by atoms with E-state index in [1.165, 1.54) is 12.4 Å². The fraction of sp³-hybridized carbons (Fsp3) is 0.667. The van der Waals surface area contributed by atoms with Crippen LogP contribution in [0, 0.1) is 5.41 Å². The molecule has 1 atom stereocenters. The molecule has 0 unspecified atom stereocenters. The van der Waals surface area contributed by atoms with Gasteiger partial charge in [-0.1, -0.05) is 0 Å². The van der Waals surface area contributed by atoms with Gasteiger partial charge in [0.1, 0.15) is 5.69 Å². The number of aromatic nitrogens is 2. The highest BCUT2D eigenvalue weighted by atomic mass is 16.2. The number of nitrogens with zero attached hydrogens (tertiary/aromatic N) is 4. The van der Waals surface area contributed by atoms with Crippen LogP contribution in [0.3, 0.4) is 0 Å². The molecule has 3 amide bonds. The van der Waals surface area contributed by atoms with Crippen molar-refractivity contribution in [1.29, 1.82) is 0 Å². The summed E-state index contributed by atoms with van der Waals surface area (Å²) in [7, 11) is 0. The van der Waals surface area contributed by atoms with Gasteiger partial charge < -0.3 is 15.1 Å². The summed E-state index contributed by atoms with van der Waals surface area (Å²) in [4.78, 5) is 36.9. The molecule has 7 nitrogen and oxygen atoms in total. The minimum Gasteiger partial charge on any atom is -0.347 e. The average molecular weight is 343 g/mol. The van der Waals surface area contributed by atoms with Crippen molar-refractivity contribution in [1.82, 2.24) is 25.1 Å². The molecule has 0 aromatic carbocycles. The molecule has 1 spiro atoms. The lowest BCUT2D eigenvalue weighted by atomic mass is 9.59. The lowest BCUT2D eigenvalue weighted by Gasteiger charge is -2.54. The zero-order valence-corrected chi connectivity index (χ0v) is 14.5. The quantitative estimate of drug-likeness (QED) is 0.886. The molecule has 1 aromatic heterocycles. The summed E-state index contributed by atoms with van der Waals surface area (Å²) in [5.41, 5.74) is 0.519. The van der Waals surface area contributed by atoms with E-state index < -0.39 is 0 Å². The van der Waals surface area contributed by atoms with Crippen LogP contribution in [0.1, 0.15) is 49.0 Å².